The van der Waals surface area contributed by atoms with Gasteiger partial charge in [0.05, 0.1) is 27.7 Å². The van der Waals surface area contributed by atoms with E-state index in [-0.39, 0.29) is 11.5 Å². The molecule has 0 fully saturated rings. The van der Waals surface area contributed by atoms with Gasteiger partial charge in [0.15, 0.2) is 0 Å². The van der Waals surface area contributed by atoms with Crippen LogP contribution < -0.4 is 13.9 Å². The van der Waals surface area contributed by atoms with Crippen molar-refractivity contribution in [2.24, 2.45) is 0 Å². The highest BCUT2D eigenvalue weighted by atomic mass is 31.2. The smallest absolute Gasteiger partial charge is 0.372 e. The molecule has 0 aliphatic carbocycles. The summed E-state index contributed by atoms with van der Waals surface area (Å²) in [6, 6.07) is 16.4. The summed E-state index contributed by atoms with van der Waals surface area (Å²) in [7, 11) is 2.47. The third kappa shape index (κ3) is 17.3. The minimum absolute atomic E-state index is 0.224. The van der Waals surface area contributed by atoms with Gasteiger partial charge in [-0.2, -0.15) is 0 Å². The van der Waals surface area contributed by atoms with Crippen LogP contribution in [-0.2, 0) is 4.57 Å². The molecular formula is C27H44NO4P. The van der Waals surface area contributed by atoms with Crippen LogP contribution in [-0.4, -0.2) is 32.2 Å². The van der Waals surface area contributed by atoms with Crippen LogP contribution in [0.2, 0.25) is 0 Å². The first-order chi connectivity index (χ1) is 15.7. The predicted molar refractivity (Wildman–Crippen MR) is 136 cm³/mol. The molecular weight excluding hydrogens is 433 g/mol. The van der Waals surface area contributed by atoms with E-state index >= 15 is 0 Å². The lowest BCUT2D eigenvalue weighted by Gasteiger charge is -2.23. The number of quaternary nitrogens is 1. The fraction of sp³-hybridized carbons (Fsp3) is 0.556. The number of rotatable bonds is 15. The van der Waals surface area contributed by atoms with E-state index in [2.05, 4.69) is 28.1 Å². The maximum Gasteiger partial charge on any atom is 0.372 e. The second kappa shape index (κ2) is 16.7. The van der Waals surface area contributed by atoms with Crippen LogP contribution in [0.15, 0.2) is 60.7 Å². The molecule has 0 aromatic heterocycles. The van der Waals surface area contributed by atoms with E-state index in [0.717, 1.165) is 4.48 Å². The van der Waals surface area contributed by atoms with Gasteiger partial charge in [0.25, 0.3) is 0 Å². The van der Waals surface area contributed by atoms with Crippen molar-refractivity contribution in [3.63, 3.8) is 0 Å². The van der Waals surface area contributed by atoms with E-state index in [1.165, 1.54) is 70.8 Å². The topological polar surface area (TPSA) is 58.6 Å². The van der Waals surface area contributed by atoms with Gasteiger partial charge in [-0.15, -0.1) is 0 Å². The van der Waals surface area contributed by atoms with Gasteiger partial charge in [0.1, 0.15) is 11.5 Å². The molecule has 0 saturated carbocycles. The third-order valence-corrected chi connectivity index (χ3v) is 5.97. The molecule has 2 rings (SSSR count). The van der Waals surface area contributed by atoms with Gasteiger partial charge in [0.2, 0.25) is 0 Å². The average Bonchev–Trinajstić information content (AvgIpc) is 2.75. The van der Waals surface area contributed by atoms with Gasteiger partial charge in [0, 0.05) is 0 Å². The summed E-state index contributed by atoms with van der Waals surface area (Å²) in [6.45, 7) is 3.62. The van der Waals surface area contributed by atoms with Gasteiger partial charge in [-0.1, -0.05) is 94.7 Å². The van der Waals surface area contributed by atoms with Crippen molar-refractivity contribution < 1.29 is 23.0 Å². The summed E-state index contributed by atoms with van der Waals surface area (Å²) in [5, 5.41) is 0. The van der Waals surface area contributed by atoms with E-state index < -0.39 is 7.82 Å². The first-order valence-electron chi connectivity index (χ1n) is 12.3. The highest BCUT2D eigenvalue weighted by Gasteiger charge is 2.12. The molecule has 0 bridgehead atoms. The van der Waals surface area contributed by atoms with Crippen LogP contribution in [0.25, 0.3) is 0 Å². The molecule has 33 heavy (non-hydrogen) atoms. The number of phosphoric ester groups is 1. The molecule has 2 aromatic rings. The number of benzene rings is 2. The Balaban J connectivity index is 0.000000331. The van der Waals surface area contributed by atoms with Crippen molar-refractivity contribution in [1.29, 1.82) is 0 Å². The lowest BCUT2D eigenvalue weighted by atomic mass is 10.1. The molecule has 6 heteroatoms. The Morgan fingerprint density at radius 2 is 1.03 bits per heavy atom. The number of para-hydroxylation sites is 2. The predicted octanol–water partition coefficient (Wildman–Crippen LogP) is 7.23. The minimum atomic E-state index is -4.39. The molecule has 0 heterocycles. The zero-order valence-corrected chi connectivity index (χ0v) is 22.0. The van der Waals surface area contributed by atoms with Crippen LogP contribution in [0.5, 0.6) is 11.5 Å². The lowest BCUT2D eigenvalue weighted by Crippen LogP contribution is -2.35. The van der Waals surface area contributed by atoms with E-state index in [9.17, 15) is 9.46 Å². The zero-order chi connectivity index (χ0) is 24.4. The number of hydrogen-bond donors (Lipinski definition) is 0. The Hall–Kier alpha value is -1.81. The second-order valence-electron chi connectivity index (χ2n) is 9.45. The molecule has 5 nitrogen and oxygen atoms in total. The quantitative estimate of drug-likeness (QED) is 0.154. The van der Waals surface area contributed by atoms with E-state index in [4.69, 9.17) is 9.05 Å². The van der Waals surface area contributed by atoms with E-state index in [1.807, 2.05) is 0 Å². The van der Waals surface area contributed by atoms with Crippen molar-refractivity contribution in [2.45, 2.75) is 71.1 Å². The molecule has 186 valence electrons. The average molecular weight is 478 g/mol. The molecule has 0 aliphatic rings. The Kier molecular flexibility index (Phi) is 14.8. The summed E-state index contributed by atoms with van der Waals surface area (Å²) in [5.41, 5.74) is 0. The first-order valence-corrected chi connectivity index (χ1v) is 13.8. The first kappa shape index (κ1) is 29.2. The Bertz CT molecular complexity index is 717. The second-order valence-corrected chi connectivity index (χ2v) is 10.7. The minimum Gasteiger partial charge on any atom is -0.736 e. The number of hydrogen-bond acceptors (Lipinski definition) is 4. The van der Waals surface area contributed by atoms with E-state index in [0.29, 0.717) is 0 Å². The van der Waals surface area contributed by atoms with Gasteiger partial charge in [-0.3, -0.25) is 0 Å². The molecule has 0 spiro atoms. The Labute approximate surface area is 202 Å². The molecule has 0 aliphatic heterocycles. The highest BCUT2D eigenvalue weighted by Crippen LogP contribution is 2.40. The van der Waals surface area contributed by atoms with Crippen LogP contribution in [0.4, 0.5) is 0 Å². The van der Waals surface area contributed by atoms with Crippen molar-refractivity contribution in [1.82, 2.24) is 0 Å². The molecule has 0 atom stereocenters. The molecule has 0 N–H and O–H groups in total. The van der Waals surface area contributed by atoms with Crippen LogP contribution in [0.3, 0.4) is 0 Å². The molecule has 2 aromatic carbocycles. The lowest BCUT2D eigenvalue weighted by molar-refractivity contribution is -0.870. The van der Waals surface area contributed by atoms with Gasteiger partial charge < -0.3 is 18.4 Å². The summed E-state index contributed by atoms with van der Waals surface area (Å²) in [6.07, 6.45) is 14.4. The van der Waals surface area contributed by atoms with Gasteiger partial charge in [-0.05, 0) is 37.1 Å². The van der Waals surface area contributed by atoms with E-state index in [1.54, 1.807) is 60.7 Å². The maximum absolute atomic E-state index is 11.6. The maximum atomic E-state index is 11.6. The molecule has 0 saturated heterocycles. The van der Waals surface area contributed by atoms with Crippen molar-refractivity contribution in [3.8, 4) is 11.5 Å². The molecule has 0 amide bonds. The third-order valence-electron chi connectivity index (χ3n) is 5.10. The number of phosphoric acid groups is 1. The van der Waals surface area contributed by atoms with Gasteiger partial charge in [-0.25, -0.2) is 4.57 Å². The van der Waals surface area contributed by atoms with Crippen LogP contribution in [0, 0.1) is 0 Å². The Morgan fingerprint density at radius 1 is 0.667 bits per heavy atom. The number of nitrogens with zero attached hydrogens (tertiary/aromatic N) is 1. The summed E-state index contributed by atoms with van der Waals surface area (Å²) in [4.78, 5) is 11.6. The Morgan fingerprint density at radius 3 is 1.39 bits per heavy atom. The monoisotopic (exact) mass is 477 g/mol. The fourth-order valence-electron chi connectivity index (χ4n) is 3.31. The SMILES string of the molecule is CCCCCCCCCCCC[N+](C)(C)C.O=P([O-])(Oc1ccccc1)Oc1ccccc1. The highest BCUT2D eigenvalue weighted by molar-refractivity contribution is 7.46. The summed E-state index contributed by atoms with van der Waals surface area (Å²) < 4.78 is 22.2. The number of unbranched alkanes of at least 4 members (excludes halogenated alkanes) is 9. The molecule has 0 radical (unpaired) electrons. The molecule has 0 unspecified atom stereocenters. The summed E-state index contributed by atoms with van der Waals surface area (Å²) >= 11 is 0. The standard InChI is InChI=1S/C15H34N.C12H11O4P/c1-5-6-7-8-9-10-11-12-13-14-15-16(2,3)4;13-17(14,15-11-7-3-1-4-8-11)16-12-9-5-2-6-10-12/h5-15H2,1-4H3;1-10H,(H,13,14)/q+1;/p-1. The fourth-order valence-corrected chi connectivity index (χ4v) is 4.11. The van der Waals surface area contributed by atoms with Crippen molar-refractivity contribution in [2.75, 3.05) is 27.7 Å². The van der Waals surface area contributed by atoms with Crippen molar-refractivity contribution in [3.05, 3.63) is 60.7 Å². The van der Waals surface area contributed by atoms with Crippen LogP contribution >= 0.6 is 7.82 Å². The van der Waals surface area contributed by atoms with Gasteiger partial charge >= 0.3 is 7.82 Å². The zero-order valence-electron chi connectivity index (χ0n) is 21.1. The largest absolute Gasteiger partial charge is 0.736 e. The van der Waals surface area contributed by atoms with Crippen LogP contribution in [0.1, 0.15) is 71.1 Å². The van der Waals surface area contributed by atoms with Crippen molar-refractivity contribution >= 4 is 7.82 Å². The normalized spacial score (nSPS) is 11.4. The summed E-state index contributed by atoms with van der Waals surface area (Å²) in [5.74, 6) is 0.448.